The van der Waals surface area contributed by atoms with E-state index in [4.69, 9.17) is 22.1 Å². The number of anilines is 1. The molecular weight excluding hydrogens is 232 g/mol. The lowest BCUT2D eigenvalue weighted by molar-refractivity contribution is 0.415. The molecule has 78 valence electrons. The SMILES string of the molecule is COc1ccc(-c2nc(N)cs2)c(Cl)c1. The van der Waals surface area contributed by atoms with Crippen molar-refractivity contribution in [2.45, 2.75) is 0 Å². The third kappa shape index (κ3) is 2.06. The Morgan fingerprint density at radius 3 is 2.80 bits per heavy atom. The Labute approximate surface area is 96.5 Å². The summed E-state index contributed by atoms with van der Waals surface area (Å²) in [4.78, 5) is 4.17. The molecule has 5 heteroatoms. The van der Waals surface area contributed by atoms with Crippen LogP contribution in [0, 0.1) is 0 Å². The van der Waals surface area contributed by atoms with Crippen LogP contribution < -0.4 is 10.5 Å². The van der Waals surface area contributed by atoms with Crippen LogP contribution in [0.2, 0.25) is 5.02 Å². The molecule has 0 spiro atoms. The second kappa shape index (κ2) is 4.08. The van der Waals surface area contributed by atoms with Gasteiger partial charge in [-0.2, -0.15) is 0 Å². The molecule has 0 aliphatic rings. The number of hydrogen-bond acceptors (Lipinski definition) is 4. The fraction of sp³-hybridized carbons (Fsp3) is 0.100. The van der Waals surface area contributed by atoms with Gasteiger partial charge in [-0.05, 0) is 18.2 Å². The number of ether oxygens (including phenoxy) is 1. The Kier molecular flexibility index (Phi) is 2.79. The van der Waals surface area contributed by atoms with Crippen molar-refractivity contribution in [1.29, 1.82) is 0 Å². The molecule has 0 saturated heterocycles. The summed E-state index contributed by atoms with van der Waals surface area (Å²) < 4.78 is 5.06. The zero-order valence-electron chi connectivity index (χ0n) is 8.03. The summed E-state index contributed by atoms with van der Waals surface area (Å²) in [5, 5.41) is 3.22. The number of hydrogen-bond donors (Lipinski definition) is 1. The first-order valence-electron chi connectivity index (χ1n) is 4.25. The van der Waals surface area contributed by atoms with Crippen LogP contribution in [0.5, 0.6) is 5.75 Å². The molecule has 2 N–H and O–H groups in total. The first kappa shape index (κ1) is 10.3. The van der Waals surface area contributed by atoms with E-state index in [-0.39, 0.29) is 0 Å². The third-order valence-corrected chi connectivity index (χ3v) is 3.14. The number of nitrogens with two attached hydrogens (primary N) is 1. The molecule has 15 heavy (non-hydrogen) atoms. The number of benzene rings is 1. The number of aromatic nitrogens is 1. The van der Waals surface area contributed by atoms with Crippen molar-refractivity contribution in [2.75, 3.05) is 12.8 Å². The highest BCUT2D eigenvalue weighted by molar-refractivity contribution is 7.13. The van der Waals surface area contributed by atoms with Gasteiger partial charge in [0.1, 0.15) is 16.6 Å². The molecule has 2 rings (SSSR count). The molecule has 0 aliphatic carbocycles. The van der Waals surface area contributed by atoms with Gasteiger partial charge in [-0.15, -0.1) is 11.3 Å². The van der Waals surface area contributed by atoms with Crippen LogP contribution in [0.25, 0.3) is 10.6 Å². The van der Waals surface area contributed by atoms with Crippen molar-refractivity contribution in [2.24, 2.45) is 0 Å². The Hall–Kier alpha value is -1.26. The number of nitrogens with zero attached hydrogens (tertiary/aromatic N) is 1. The molecule has 1 aromatic heterocycles. The normalized spacial score (nSPS) is 10.3. The molecule has 0 amide bonds. The lowest BCUT2D eigenvalue weighted by Gasteiger charge is -2.03. The second-order valence-electron chi connectivity index (χ2n) is 2.92. The molecule has 2 aromatic rings. The minimum Gasteiger partial charge on any atom is -0.497 e. The molecule has 3 nitrogen and oxygen atoms in total. The fourth-order valence-corrected chi connectivity index (χ4v) is 2.27. The van der Waals surface area contributed by atoms with Gasteiger partial charge >= 0.3 is 0 Å². The Morgan fingerprint density at radius 1 is 1.47 bits per heavy atom. The van der Waals surface area contributed by atoms with Crippen molar-refractivity contribution in [1.82, 2.24) is 4.98 Å². The van der Waals surface area contributed by atoms with E-state index in [9.17, 15) is 0 Å². The van der Waals surface area contributed by atoms with Gasteiger partial charge in [0.25, 0.3) is 0 Å². The Bertz CT molecular complexity index is 484. The number of rotatable bonds is 2. The van der Waals surface area contributed by atoms with E-state index in [2.05, 4.69) is 4.98 Å². The predicted molar refractivity (Wildman–Crippen MR) is 63.5 cm³/mol. The van der Waals surface area contributed by atoms with Gasteiger partial charge in [-0.3, -0.25) is 0 Å². The van der Waals surface area contributed by atoms with Gasteiger partial charge < -0.3 is 10.5 Å². The average molecular weight is 241 g/mol. The highest BCUT2D eigenvalue weighted by atomic mass is 35.5. The smallest absolute Gasteiger partial charge is 0.135 e. The van der Waals surface area contributed by atoms with Gasteiger partial charge in [0, 0.05) is 10.9 Å². The summed E-state index contributed by atoms with van der Waals surface area (Å²) in [7, 11) is 1.60. The van der Waals surface area contributed by atoms with Gasteiger partial charge in [-0.25, -0.2) is 4.98 Å². The highest BCUT2D eigenvalue weighted by Crippen LogP contribution is 2.33. The van der Waals surface area contributed by atoms with E-state index in [1.165, 1.54) is 11.3 Å². The maximum Gasteiger partial charge on any atom is 0.135 e. The van der Waals surface area contributed by atoms with E-state index in [0.717, 1.165) is 16.3 Å². The lowest BCUT2D eigenvalue weighted by Crippen LogP contribution is -1.86. The monoisotopic (exact) mass is 240 g/mol. The van der Waals surface area contributed by atoms with Crippen molar-refractivity contribution in [3.8, 4) is 16.3 Å². The zero-order chi connectivity index (χ0) is 10.8. The standard InChI is InChI=1S/C10H9ClN2OS/c1-14-6-2-3-7(8(11)4-6)10-13-9(12)5-15-10/h2-5H,12H2,1H3. The molecule has 0 unspecified atom stereocenters. The number of nitrogen functional groups attached to an aromatic ring is 1. The minimum atomic E-state index is 0.516. The quantitative estimate of drug-likeness (QED) is 0.878. The molecule has 0 fully saturated rings. The van der Waals surface area contributed by atoms with Crippen LogP contribution in [-0.4, -0.2) is 12.1 Å². The first-order valence-corrected chi connectivity index (χ1v) is 5.51. The van der Waals surface area contributed by atoms with E-state index >= 15 is 0 Å². The molecule has 1 aromatic carbocycles. The number of thiazole rings is 1. The number of methoxy groups -OCH3 is 1. The van der Waals surface area contributed by atoms with Crippen molar-refractivity contribution >= 4 is 28.8 Å². The first-order chi connectivity index (χ1) is 7.20. The van der Waals surface area contributed by atoms with Crippen LogP contribution in [0.15, 0.2) is 23.6 Å². The summed E-state index contributed by atoms with van der Waals surface area (Å²) >= 11 is 7.57. The van der Waals surface area contributed by atoms with E-state index in [1.54, 1.807) is 18.6 Å². The van der Waals surface area contributed by atoms with Gasteiger partial charge in [-0.1, -0.05) is 11.6 Å². The molecule has 0 saturated carbocycles. The minimum absolute atomic E-state index is 0.516. The highest BCUT2D eigenvalue weighted by Gasteiger charge is 2.08. The van der Waals surface area contributed by atoms with Gasteiger partial charge in [0.05, 0.1) is 12.1 Å². The molecule has 0 aliphatic heterocycles. The molecule has 1 heterocycles. The third-order valence-electron chi connectivity index (χ3n) is 1.93. The van der Waals surface area contributed by atoms with Gasteiger partial charge in [0.15, 0.2) is 0 Å². The summed E-state index contributed by atoms with van der Waals surface area (Å²) in [6.07, 6.45) is 0. The molecule has 0 atom stereocenters. The van der Waals surface area contributed by atoms with Crippen molar-refractivity contribution < 1.29 is 4.74 Å². The van der Waals surface area contributed by atoms with Crippen molar-refractivity contribution in [3.05, 3.63) is 28.6 Å². The summed E-state index contributed by atoms with van der Waals surface area (Å²) in [6, 6.07) is 5.48. The maximum atomic E-state index is 6.10. The van der Waals surface area contributed by atoms with E-state index < -0.39 is 0 Å². The van der Waals surface area contributed by atoms with Gasteiger partial charge in [0.2, 0.25) is 0 Å². The number of halogens is 1. The maximum absolute atomic E-state index is 6.10. The average Bonchev–Trinajstić information content (AvgIpc) is 2.64. The summed E-state index contributed by atoms with van der Waals surface area (Å²) in [5.74, 6) is 1.25. The van der Waals surface area contributed by atoms with Crippen LogP contribution in [0.3, 0.4) is 0 Å². The lowest BCUT2D eigenvalue weighted by atomic mass is 10.2. The largest absolute Gasteiger partial charge is 0.497 e. The molecule has 0 bridgehead atoms. The Balaban J connectivity index is 2.45. The van der Waals surface area contributed by atoms with E-state index in [0.29, 0.717) is 10.8 Å². The fourth-order valence-electron chi connectivity index (χ4n) is 1.21. The summed E-state index contributed by atoms with van der Waals surface area (Å²) in [5.41, 5.74) is 6.43. The van der Waals surface area contributed by atoms with Crippen LogP contribution in [0.1, 0.15) is 0 Å². The predicted octanol–water partition coefficient (Wildman–Crippen LogP) is 3.05. The topological polar surface area (TPSA) is 48.1 Å². The van der Waals surface area contributed by atoms with Crippen LogP contribution in [-0.2, 0) is 0 Å². The summed E-state index contributed by atoms with van der Waals surface area (Å²) in [6.45, 7) is 0. The van der Waals surface area contributed by atoms with Crippen LogP contribution >= 0.6 is 22.9 Å². The molecule has 0 radical (unpaired) electrons. The Morgan fingerprint density at radius 2 is 2.27 bits per heavy atom. The van der Waals surface area contributed by atoms with E-state index in [1.807, 2.05) is 12.1 Å². The van der Waals surface area contributed by atoms with Crippen LogP contribution in [0.4, 0.5) is 5.82 Å². The van der Waals surface area contributed by atoms with Crippen molar-refractivity contribution in [3.63, 3.8) is 0 Å². The molecular formula is C10H9ClN2OS. The zero-order valence-corrected chi connectivity index (χ0v) is 9.60. The second-order valence-corrected chi connectivity index (χ2v) is 4.19.